The molecule has 0 heterocycles. The summed E-state index contributed by atoms with van der Waals surface area (Å²) < 4.78 is 39.1. The number of Topliss-reactive ketones (excluding diaryl/α,β-unsaturated/α-hetero) is 2. The number of halogens is 3. The van der Waals surface area contributed by atoms with Gasteiger partial charge in [0.05, 0.1) is 5.56 Å². The highest BCUT2D eigenvalue weighted by Gasteiger charge is 2.23. The van der Waals surface area contributed by atoms with Gasteiger partial charge in [0.25, 0.3) is 0 Å². The van der Waals surface area contributed by atoms with E-state index in [0.717, 1.165) is 0 Å². The summed E-state index contributed by atoms with van der Waals surface area (Å²) in [5.74, 6) is -6.27. The van der Waals surface area contributed by atoms with Crippen molar-refractivity contribution in [3.05, 3.63) is 71.0 Å². The molecule has 0 atom stereocenters. The van der Waals surface area contributed by atoms with E-state index in [1.54, 1.807) is 6.07 Å². The van der Waals surface area contributed by atoms with E-state index in [2.05, 4.69) is 0 Å². The number of benzene rings is 2. The molecule has 0 aliphatic heterocycles. The van der Waals surface area contributed by atoms with Gasteiger partial charge in [-0.1, -0.05) is 30.3 Å². The minimum atomic E-state index is -1.42. The highest BCUT2D eigenvalue weighted by molar-refractivity contribution is 6.49. The van der Waals surface area contributed by atoms with Crippen molar-refractivity contribution >= 4 is 11.6 Å². The molecule has 96 valence electrons. The smallest absolute Gasteiger partial charge is 0.236 e. The highest BCUT2D eigenvalue weighted by Crippen LogP contribution is 2.16. The average Bonchev–Trinajstić information content (AvgIpc) is 2.42. The molecule has 19 heavy (non-hydrogen) atoms. The van der Waals surface area contributed by atoms with Crippen molar-refractivity contribution in [3.63, 3.8) is 0 Å². The Bertz CT molecular complexity index is 651. The van der Waals surface area contributed by atoms with Crippen molar-refractivity contribution in [2.75, 3.05) is 0 Å². The van der Waals surface area contributed by atoms with Gasteiger partial charge >= 0.3 is 0 Å². The number of rotatable bonds is 3. The Hall–Kier alpha value is -2.43. The summed E-state index contributed by atoms with van der Waals surface area (Å²) in [6.45, 7) is 0. The second-order valence-corrected chi connectivity index (χ2v) is 3.77. The lowest BCUT2D eigenvalue weighted by Gasteiger charge is -2.03. The number of hydrogen-bond donors (Lipinski definition) is 0. The standard InChI is InChI=1S/C14H7F3O2/c15-10-7-12(17)11(16)6-9(10)14(19)13(18)8-4-2-1-3-5-8/h1-7H. The van der Waals surface area contributed by atoms with Crippen LogP contribution in [0.25, 0.3) is 0 Å². The van der Waals surface area contributed by atoms with Crippen molar-refractivity contribution in [2.24, 2.45) is 0 Å². The highest BCUT2D eigenvalue weighted by atomic mass is 19.2. The van der Waals surface area contributed by atoms with E-state index < -0.39 is 34.6 Å². The molecule has 2 nitrogen and oxygen atoms in total. The molecule has 0 N–H and O–H groups in total. The fraction of sp³-hybridized carbons (Fsp3) is 0. The maximum atomic E-state index is 13.4. The van der Waals surface area contributed by atoms with Gasteiger partial charge in [-0.05, 0) is 6.07 Å². The van der Waals surface area contributed by atoms with E-state index in [1.807, 2.05) is 0 Å². The first-order valence-electron chi connectivity index (χ1n) is 5.29. The monoisotopic (exact) mass is 264 g/mol. The summed E-state index contributed by atoms with van der Waals surface area (Å²) in [6, 6.07) is 8.06. The SMILES string of the molecule is O=C(C(=O)c1cc(F)c(F)cc1F)c1ccccc1. The van der Waals surface area contributed by atoms with Crippen LogP contribution in [0.5, 0.6) is 0 Å². The van der Waals surface area contributed by atoms with E-state index in [1.165, 1.54) is 24.3 Å². The van der Waals surface area contributed by atoms with Crippen LogP contribution in [-0.4, -0.2) is 11.6 Å². The van der Waals surface area contributed by atoms with Crippen LogP contribution in [0, 0.1) is 17.5 Å². The Morgan fingerprint density at radius 2 is 1.32 bits per heavy atom. The van der Waals surface area contributed by atoms with E-state index >= 15 is 0 Å². The van der Waals surface area contributed by atoms with Gasteiger partial charge in [-0.3, -0.25) is 9.59 Å². The van der Waals surface area contributed by atoms with E-state index in [0.29, 0.717) is 6.07 Å². The first kappa shape index (κ1) is 13.0. The minimum absolute atomic E-state index is 0.0524. The molecule has 2 rings (SSSR count). The topological polar surface area (TPSA) is 34.1 Å². The van der Waals surface area contributed by atoms with Gasteiger partial charge < -0.3 is 0 Å². The normalized spacial score (nSPS) is 10.3. The fourth-order valence-corrected chi connectivity index (χ4v) is 1.54. The summed E-state index contributed by atoms with van der Waals surface area (Å²) in [7, 11) is 0. The van der Waals surface area contributed by atoms with Crippen LogP contribution in [0.2, 0.25) is 0 Å². The molecule has 0 fully saturated rings. The Labute approximate surface area is 106 Å². The zero-order valence-electron chi connectivity index (χ0n) is 9.49. The molecule has 0 saturated heterocycles. The number of hydrogen-bond acceptors (Lipinski definition) is 2. The van der Waals surface area contributed by atoms with Crippen LogP contribution in [0.15, 0.2) is 42.5 Å². The molecular weight excluding hydrogens is 257 g/mol. The summed E-state index contributed by atoms with van der Waals surface area (Å²) in [5.41, 5.74) is -0.732. The van der Waals surface area contributed by atoms with Crippen LogP contribution in [-0.2, 0) is 0 Å². The van der Waals surface area contributed by atoms with E-state index in [4.69, 9.17) is 0 Å². The molecule has 0 saturated carbocycles. The molecule has 0 unspecified atom stereocenters. The lowest BCUT2D eigenvalue weighted by Crippen LogP contribution is -2.16. The van der Waals surface area contributed by atoms with E-state index in [9.17, 15) is 22.8 Å². The predicted octanol–water partition coefficient (Wildman–Crippen LogP) is 3.17. The molecule has 2 aromatic rings. The largest absolute Gasteiger partial charge is 0.285 e. The van der Waals surface area contributed by atoms with Gasteiger partial charge in [0.2, 0.25) is 11.6 Å². The summed E-state index contributed by atoms with van der Waals surface area (Å²) in [6.07, 6.45) is 0. The second-order valence-electron chi connectivity index (χ2n) is 3.77. The third-order valence-electron chi connectivity index (χ3n) is 2.50. The fourth-order valence-electron chi connectivity index (χ4n) is 1.54. The number of carbonyl (C=O) groups is 2. The quantitative estimate of drug-likeness (QED) is 0.484. The Morgan fingerprint density at radius 1 is 0.737 bits per heavy atom. The molecule has 0 aromatic heterocycles. The molecule has 0 spiro atoms. The molecule has 0 bridgehead atoms. The van der Waals surface area contributed by atoms with Crippen LogP contribution >= 0.6 is 0 Å². The van der Waals surface area contributed by atoms with Gasteiger partial charge in [-0.25, -0.2) is 13.2 Å². The maximum absolute atomic E-state index is 13.4. The zero-order chi connectivity index (χ0) is 14.0. The van der Waals surface area contributed by atoms with Crippen LogP contribution in [0.3, 0.4) is 0 Å². The Kier molecular flexibility index (Phi) is 3.46. The first-order valence-corrected chi connectivity index (χ1v) is 5.29. The zero-order valence-corrected chi connectivity index (χ0v) is 9.49. The Morgan fingerprint density at radius 3 is 1.95 bits per heavy atom. The first-order chi connectivity index (χ1) is 9.00. The lowest BCUT2D eigenvalue weighted by atomic mass is 10.0. The third kappa shape index (κ3) is 2.54. The molecular formula is C14H7F3O2. The van der Waals surface area contributed by atoms with Crippen molar-refractivity contribution in [1.82, 2.24) is 0 Å². The van der Waals surface area contributed by atoms with Gasteiger partial charge in [-0.2, -0.15) is 0 Å². The molecule has 0 aliphatic rings. The number of ketones is 2. The Balaban J connectivity index is 2.40. The van der Waals surface area contributed by atoms with Gasteiger partial charge in [0.1, 0.15) is 5.82 Å². The summed E-state index contributed by atoms with van der Waals surface area (Å²) in [5, 5.41) is 0. The van der Waals surface area contributed by atoms with E-state index in [-0.39, 0.29) is 11.6 Å². The molecule has 2 aromatic carbocycles. The van der Waals surface area contributed by atoms with Crippen LogP contribution in [0.1, 0.15) is 20.7 Å². The third-order valence-corrected chi connectivity index (χ3v) is 2.50. The van der Waals surface area contributed by atoms with Crippen LogP contribution in [0.4, 0.5) is 13.2 Å². The minimum Gasteiger partial charge on any atom is -0.285 e. The maximum Gasteiger partial charge on any atom is 0.236 e. The van der Waals surface area contributed by atoms with Crippen molar-refractivity contribution in [2.45, 2.75) is 0 Å². The molecule has 0 amide bonds. The molecule has 0 aliphatic carbocycles. The predicted molar refractivity (Wildman–Crippen MR) is 61.4 cm³/mol. The van der Waals surface area contributed by atoms with Gasteiger partial charge in [0.15, 0.2) is 11.6 Å². The van der Waals surface area contributed by atoms with Gasteiger partial charge in [0, 0.05) is 11.6 Å². The summed E-state index contributed by atoms with van der Waals surface area (Å²) >= 11 is 0. The second kappa shape index (κ2) is 5.06. The van der Waals surface area contributed by atoms with Crippen molar-refractivity contribution < 1.29 is 22.8 Å². The average molecular weight is 264 g/mol. The summed E-state index contributed by atoms with van der Waals surface area (Å²) in [4.78, 5) is 23.5. The number of carbonyl (C=O) groups excluding carboxylic acids is 2. The lowest BCUT2D eigenvalue weighted by molar-refractivity contribution is 0.0814. The van der Waals surface area contributed by atoms with Crippen LogP contribution < -0.4 is 0 Å². The molecule has 5 heteroatoms. The van der Waals surface area contributed by atoms with Crippen molar-refractivity contribution in [3.8, 4) is 0 Å². The van der Waals surface area contributed by atoms with Gasteiger partial charge in [-0.15, -0.1) is 0 Å². The van der Waals surface area contributed by atoms with Crippen molar-refractivity contribution in [1.29, 1.82) is 0 Å². The molecule has 0 radical (unpaired) electrons.